The van der Waals surface area contributed by atoms with E-state index in [2.05, 4.69) is 5.32 Å². The van der Waals surface area contributed by atoms with Gasteiger partial charge in [0.05, 0.1) is 10.7 Å². The zero-order chi connectivity index (χ0) is 18.7. The third kappa shape index (κ3) is 3.84. The second kappa shape index (κ2) is 7.28. The van der Waals surface area contributed by atoms with Crippen LogP contribution >= 0.6 is 11.6 Å². The minimum atomic E-state index is -1.16. The van der Waals surface area contributed by atoms with Gasteiger partial charge in [-0.15, -0.1) is 0 Å². The third-order valence-electron chi connectivity index (χ3n) is 3.52. The predicted molar refractivity (Wildman–Crippen MR) is 95.4 cm³/mol. The van der Waals surface area contributed by atoms with Crippen LogP contribution in [0.15, 0.2) is 63.9 Å². The average Bonchev–Trinajstić information content (AvgIpc) is 3.08. The number of amides is 1. The van der Waals surface area contributed by atoms with Crippen LogP contribution in [0.25, 0.3) is 11.3 Å². The van der Waals surface area contributed by atoms with Crippen molar-refractivity contribution in [3.05, 3.63) is 75.9 Å². The molecule has 2 heterocycles. The van der Waals surface area contributed by atoms with E-state index in [-0.39, 0.29) is 11.4 Å². The topological polar surface area (TPSA) is 102 Å². The van der Waals surface area contributed by atoms with Gasteiger partial charge in [-0.3, -0.25) is 14.4 Å². The van der Waals surface area contributed by atoms with Gasteiger partial charge >= 0.3 is 5.97 Å². The molecule has 132 valence electrons. The van der Waals surface area contributed by atoms with Gasteiger partial charge in [-0.25, -0.2) is 0 Å². The summed E-state index contributed by atoms with van der Waals surface area (Å²) in [7, 11) is 0. The number of benzene rings is 1. The van der Waals surface area contributed by atoms with Gasteiger partial charge in [0.25, 0.3) is 11.5 Å². The molecule has 0 saturated heterocycles. The van der Waals surface area contributed by atoms with E-state index in [0.29, 0.717) is 16.3 Å². The quantitative estimate of drug-likeness (QED) is 0.716. The van der Waals surface area contributed by atoms with Crippen LogP contribution in [0.1, 0.15) is 10.6 Å². The highest BCUT2D eigenvalue weighted by Gasteiger charge is 2.14. The Labute approximate surface area is 152 Å². The molecule has 0 radical (unpaired) electrons. The third-order valence-corrected chi connectivity index (χ3v) is 3.85. The number of nitrogens with zero attached hydrogens (tertiary/aromatic N) is 1. The number of hydrogen-bond donors (Lipinski definition) is 2. The lowest BCUT2D eigenvalue weighted by Crippen LogP contribution is -2.23. The predicted octanol–water partition coefficient (Wildman–Crippen LogP) is 3.10. The molecule has 3 rings (SSSR count). The summed E-state index contributed by atoms with van der Waals surface area (Å²) in [5.41, 5.74) is 0.444. The average molecular weight is 373 g/mol. The minimum absolute atomic E-state index is 0.0518. The highest BCUT2D eigenvalue weighted by atomic mass is 35.5. The van der Waals surface area contributed by atoms with E-state index >= 15 is 0 Å². The van der Waals surface area contributed by atoms with Crippen LogP contribution in [0, 0.1) is 0 Å². The number of halogens is 1. The molecule has 0 fully saturated rings. The summed E-state index contributed by atoms with van der Waals surface area (Å²) in [6.45, 7) is -0.500. The molecule has 7 nitrogen and oxygen atoms in total. The van der Waals surface area contributed by atoms with Gasteiger partial charge in [-0.2, -0.15) is 0 Å². The number of aromatic nitrogens is 1. The lowest BCUT2D eigenvalue weighted by Gasteiger charge is -2.07. The molecule has 0 unspecified atom stereocenters. The van der Waals surface area contributed by atoms with Gasteiger partial charge in [-0.1, -0.05) is 23.7 Å². The van der Waals surface area contributed by atoms with Crippen molar-refractivity contribution < 1.29 is 19.1 Å². The maximum absolute atomic E-state index is 12.3. The molecule has 0 aliphatic carbocycles. The van der Waals surface area contributed by atoms with Crippen molar-refractivity contribution in [2.24, 2.45) is 0 Å². The van der Waals surface area contributed by atoms with Gasteiger partial charge in [-0.05, 0) is 30.3 Å². The molecule has 0 spiro atoms. The SMILES string of the molecule is O=C(O)Cn1cc(NC(=O)c2ccc(-c3ccccc3Cl)o2)ccc1=O. The maximum Gasteiger partial charge on any atom is 0.323 e. The van der Waals surface area contributed by atoms with Gasteiger partial charge < -0.3 is 19.4 Å². The van der Waals surface area contributed by atoms with Crippen molar-refractivity contribution in [3.63, 3.8) is 0 Å². The number of nitrogens with one attached hydrogen (secondary N) is 1. The Morgan fingerprint density at radius 2 is 1.88 bits per heavy atom. The maximum atomic E-state index is 12.3. The summed E-state index contributed by atoms with van der Waals surface area (Å²) < 4.78 is 6.53. The Kier molecular flexibility index (Phi) is 4.90. The molecule has 0 atom stereocenters. The van der Waals surface area contributed by atoms with Crippen molar-refractivity contribution in [1.82, 2.24) is 4.57 Å². The molecule has 2 aromatic heterocycles. The number of carboxylic acid groups (broad SMARTS) is 1. The van der Waals surface area contributed by atoms with Crippen LogP contribution < -0.4 is 10.9 Å². The summed E-state index contributed by atoms with van der Waals surface area (Å²) in [4.78, 5) is 34.7. The van der Waals surface area contributed by atoms with Crippen LogP contribution in [0.4, 0.5) is 5.69 Å². The van der Waals surface area contributed by atoms with E-state index in [0.717, 1.165) is 4.57 Å². The largest absolute Gasteiger partial charge is 0.480 e. The summed E-state index contributed by atoms with van der Waals surface area (Å²) in [5, 5.41) is 11.9. The molecule has 3 aromatic rings. The first kappa shape index (κ1) is 17.5. The molecule has 26 heavy (non-hydrogen) atoms. The lowest BCUT2D eigenvalue weighted by molar-refractivity contribution is -0.137. The van der Waals surface area contributed by atoms with Gasteiger partial charge in [0.15, 0.2) is 5.76 Å². The summed E-state index contributed by atoms with van der Waals surface area (Å²) >= 11 is 6.11. The lowest BCUT2D eigenvalue weighted by atomic mass is 10.2. The molecule has 1 amide bonds. The van der Waals surface area contributed by atoms with Crippen molar-refractivity contribution in [2.45, 2.75) is 6.54 Å². The fourth-order valence-corrected chi connectivity index (χ4v) is 2.56. The number of pyridine rings is 1. The molecule has 8 heteroatoms. The number of hydrogen-bond acceptors (Lipinski definition) is 4. The van der Waals surface area contributed by atoms with E-state index in [1.807, 2.05) is 0 Å². The van der Waals surface area contributed by atoms with E-state index in [4.69, 9.17) is 21.1 Å². The number of carbonyl (C=O) groups excluding carboxylic acids is 1. The normalized spacial score (nSPS) is 10.5. The van der Waals surface area contributed by atoms with Crippen molar-refractivity contribution >= 4 is 29.2 Å². The smallest absolute Gasteiger partial charge is 0.323 e. The van der Waals surface area contributed by atoms with E-state index in [9.17, 15) is 14.4 Å². The Bertz CT molecular complexity index is 1040. The first-order valence-corrected chi connectivity index (χ1v) is 7.90. The molecule has 0 saturated carbocycles. The fraction of sp³-hybridized carbons (Fsp3) is 0.0556. The monoisotopic (exact) mass is 372 g/mol. The van der Waals surface area contributed by atoms with Crippen molar-refractivity contribution in [2.75, 3.05) is 5.32 Å². The number of furan rings is 1. The molecule has 0 bridgehead atoms. The fourth-order valence-electron chi connectivity index (χ4n) is 2.33. The number of anilines is 1. The number of carbonyl (C=O) groups is 2. The van der Waals surface area contributed by atoms with Gasteiger partial charge in [0, 0.05) is 17.8 Å². The molecule has 1 aromatic carbocycles. The minimum Gasteiger partial charge on any atom is -0.480 e. The van der Waals surface area contributed by atoms with Gasteiger partial charge in [0.2, 0.25) is 0 Å². The van der Waals surface area contributed by atoms with Crippen molar-refractivity contribution in [1.29, 1.82) is 0 Å². The molecule has 0 aliphatic heterocycles. The second-order valence-electron chi connectivity index (χ2n) is 5.38. The molecule has 0 aliphatic rings. The Morgan fingerprint density at radius 1 is 1.12 bits per heavy atom. The molecular formula is C18H13ClN2O5. The zero-order valence-corrected chi connectivity index (χ0v) is 14.1. The number of rotatable bonds is 5. The van der Waals surface area contributed by atoms with Crippen LogP contribution in [0.5, 0.6) is 0 Å². The van der Waals surface area contributed by atoms with Crippen molar-refractivity contribution in [3.8, 4) is 11.3 Å². The van der Waals surface area contributed by atoms with Crippen LogP contribution in [-0.4, -0.2) is 21.6 Å². The van der Waals surface area contributed by atoms with Gasteiger partial charge in [0.1, 0.15) is 12.3 Å². The Morgan fingerprint density at radius 3 is 2.62 bits per heavy atom. The van der Waals surface area contributed by atoms with Crippen LogP contribution in [-0.2, 0) is 11.3 Å². The van der Waals surface area contributed by atoms with Crippen LogP contribution in [0.2, 0.25) is 5.02 Å². The van der Waals surface area contributed by atoms with Crippen LogP contribution in [0.3, 0.4) is 0 Å². The first-order chi connectivity index (χ1) is 12.4. The summed E-state index contributed by atoms with van der Waals surface area (Å²) in [6.07, 6.45) is 1.26. The highest BCUT2D eigenvalue weighted by Crippen LogP contribution is 2.29. The Hall–Kier alpha value is -3.32. The number of carboxylic acids is 1. The standard InChI is InChI=1S/C18H13ClN2O5/c19-13-4-2-1-3-12(13)14-6-7-15(26-14)18(25)20-11-5-8-16(22)21(9-11)10-17(23)24/h1-9H,10H2,(H,20,25)(H,23,24). The highest BCUT2D eigenvalue weighted by molar-refractivity contribution is 6.33. The zero-order valence-electron chi connectivity index (χ0n) is 13.3. The first-order valence-electron chi connectivity index (χ1n) is 7.52. The van der Waals surface area contributed by atoms with E-state index in [1.165, 1.54) is 24.4 Å². The second-order valence-corrected chi connectivity index (χ2v) is 5.78. The molecular weight excluding hydrogens is 360 g/mol. The summed E-state index contributed by atoms with van der Waals surface area (Å²) in [6, 6.07) is 12.8. The number of aliphatic carboxylic acids is 1. The van der Waals surface area contributed by atoms with E-state index < -0.39 is 24.0 Å². The Balaban J connectivity index is 1.80. The molecule has 2 N–H and O–H groups in total. The van der Waals surface area contributed by atoms with E-state index in [1.54, 1.807) is 30.3 Å². The summed E-state index contributed by atoms with van der Waals surface area (Å²) in [5.74, 6) is -1.21.